The molecular formula is C25H29NO4. The van der Waals surface area contributed by atoms with Gasteiger partial charge in [0, 0.05) is 0 Å². The Balaban J connectivity index is 2.06. The summed E-state index contributed by atoms with van der Waals surface area (Å²) in [5.74, 6) is 2.47. The van der Waals surface area contributed by atoms with Crippen molar-refractivity contribution in [1.29, 1.82) is 0 Å². The molecule has 0 aliphatic carbocycles. The predicted molar refractivity (Wildman–Crippen MR) is 116 cm³/mol. The van der Waals surface area contributed by atoms with Crippen LogP contribution < -0.4 is 0 Å². The summed E-state index contributed by atoms with van der Waals surface area (Å²) in [5.41, 5.74) is -0.690. The lowest BCUT2D eigenvalue weighted by molar-refractivity contribution is -0.0249. The lowest BCUT2D eigenvalue weighted by Crippen LogP contribution is -2.51. The van der Waals surface area contributed by atoms with Gasteiger partial charge in [-0.25, -0.2) is 4.79 Å². The van der Waals surface area contributed by atoms with Crippen molar-refractivity contribution in [2.24, 2.45) is 0 Å². The van der Waals surface area contributed by atoms with E-state index in [1.165, 1.54) is 0 Å². The number of carbonyl (C=O) groups is 1. The van der Waals surface area contributed by atoms with E-state index in [2.05, 4.69) is 5.92 Å². The second-order valence-corrected chi connectivity index (χ2v) is 8.52. The first-order valence-electron chi connectivity index (χ1n) is 10.1. The monoisotopic (exact) mass is 407 g/mol. The smallest absolute Gasteiger partial charge is 0.410 e. The third-order valence-corrected chi connectivity index (χ3v) is 5.20. The van der Waals surface area contributed by atoms with Gasteiger partial charge in [0.05, 0.1) is 18.7 Å². The van der Waals surface area contributed by atoms with Crippen molar-refractivity contribution in [3.63, 3.8) is 0 Å². The average Bonchev–Trinajstić information content (AvgIpc) is 3.17. The maximum Gasteiger partial charge on any atom is 0.410 e. The van der Waals surface area contributed by atoms with Crippen LogP contribution in [-0.4, -0.2) is 47.0 Å². The number of aliphatic hydroxyl groups is 1. The second kappa shape index (κ2) is 8.91. The molecule has 5 heteroatoms. The SMILES string of the molecule is C#CCO[C@@H]1C[C@@H](C(O)(c2ccccc2)c2ccccc2)N(C(=O)OC(C)(C)C)C1. The number of terminal acetylenes is 1. The molecule has 1 amide bonds. The normalized spacial score (nSPS) is 19.4. The van der Waals surface area contributed by atoms with Crippen LogP contribution in [0, 0.1) is 12.3 Å². The van der Waals surface area contributed by atoms with Gasteiger partial charge in [0.25, 0.3) is 0 Å². The maximum absolute atomic E-state index is 13.1. The van der Waals surface area contributed by atoms with Crippen molar-refractivity contribution < 1.29 is 19.4 Å². The lowest BCUT2D eigenvalue weighted by atomic mass is 9.79. The highest BCUT2D eigenvalue weighted by molar-refractivity contribution is 5.70. The number of likely N-dealkylation sites (tertiary alicyclic amines) is 1. The molecule has 1 saturated heterocycles. The topological polar surface area (TPSA) is 59.0 Å². The van der Waals surface area contributed by atoms with Gasteiger partial charge in [0.1, 0.15) is 17.8 Å². The van der Waals surface area contributed by atoms with E-state index < -0.39 is 23.3 Å². The Hall–Kier alpha value is -2.81. The summed E-state index contributed by atoms with van der Waals surface area (Å²) in [6.07, 6.45) is 5.01. The molecule has 1 heterocycles. The van der Waals surface area contributed by atoms with E-state index in [1.807, 2.05) is 81.4 Å². The van der Waals surface area contributed by atoms with Gasteiger partial charge in [0.2, 0.25) is 0 Å². The van der Waals surface area contributed by atoms with Crippen LogP contribution in [0.4, 0.5) is 4.79 Å². The Bertz CT molecular complexity index is 843. The quantitative estimate of drug-likeness (QED) is 0.763. The summed E-state index contributed by atoms with van der Waals surface area (Å²) >= 11 is 0. The fourth-order valence-corrected chi connectivity index (χ4v) is 3.94. The van der Waals surface area contributed by atoms with Gasteiger partial charge in [-0.2, -0.15) is 0 Å². The van der Waals surface area contributed by atoms with Crippen LogP contribution >= 0.6 is 0 Å². The van der Waals surface area contributed by atoms with Crippen molar-refractivity contribution in [3.8, 4) is 12.3 Å². The molecule has 1 fully saturated rings. The first kappa shape index (κ1) is 21.9. The van der Waals surface area contributed by atoms with Gasteiger partial charge in [-0.3, -0.25) is 4.90 Å². The third-order valence-electron chi connectivity index (χ3n) is 5.20. The number of hydrogen-bond acceptors (Lipinski definition) is 4. The molecular weight excluding hydrogens is 378 g/mol. The first-order valence-corrected chi connectivity index (χ1v) is 10.1. The van der Waals surface area contributed by atoms with Crippen molar-refractivity contribution >= 4 is 6.09 Å². The zero-order valence-corrected chi connectivity index (χ0v) is 17.7. The largest absolute Gasteiger partial charge is 0.444 e. The molecule has 0 radical (unpaired) electrons. The van der Waals surface area contributed by atoms with Crippen molar-refractivity contribution in [2.45, 2.75) is 50.5 Å². The number of ether oxygens (including phenoxy) is 2. The van der Waals surface area contributed by atoms with Crippen LogP contribution in [0.3, 0.4) is 0 Å². The molecule has 1 aliphatic rings. The fourth-order valence-electron chi connectivity index (χ4n) is 3.94. The minimum atomic E-state index is -1.44. The van der Waals surface area contributed by atoms with Gasteiger partial charge in [0.15, 0.2) is 0 Å². The number of rotatable bonds is 5. The molecule has 0 aromatic heterocycles. The summed E-state index contributed by atoms with van der Waals surface area (Å²) in [6, 6.07) is 18.2. The van der Waals surface area contributed by atoms with Crippen molar-refractivity contribution in [1.82, 2.24) is 4.90 Å². The van der Waals surface area contributed by atoms with E-state index >= 15 is 0 Å². The average molecular weight is 408 g/mol. The molecule has 0 saturated carbocycles. The van der Waals surface area contributed by atoms with Gasteiger partial charge in [-0.15, -0.1) is 6.42 Å². The number of hydrogen-bond donors (Lipinski definition) is 1. The number of benzene rings is 2. The summed E-state index contributed by atoms with van der Waals surface area (Å²) in [4.78, 5) is 14.7. The van der Waals surface area contributed by atoms with E-state index in [0.717, 1.165) is 0 Å². The number of carbonyl (C=O) groups excluding carboxylic acids is 1. The highest BCUT2D eigenvalue weighted by Crippen LogP contribution is 2.41. The number of nitrogens with zero attached hydrogens (tertiary/aromatic N) is 1. The van der Waals surface area contributed by atoms with Crippen LogP contribution in [0.15, 0.2) is 60.7 Å². The first-order chi connectivity index (χ1) is 14.3. The molecule has 0 spiro atoms. The van der Waals surface area contributed by atoms with Crippen LogP contribution in [0.2, 0.25) is 0 Å². The number of amides is 1. The minimum absolute atomic E-state index is 0.147. The molecule has 2 aromatic carbocycles. The zero-order valence-electron chi connectivity index (χ0n) is 17.7. The van der Waals surface area contributed by atoms with Crippen LogP contribution in [0.5, 0.6) is 0 Å². The second-order valence-electron chi connectivity index (χ2n) is 8.52. The van der Waals surface area contributed by atoms with Crippen LogP contribution in [0.25, 0.3) is 0 Å². The molecule has 1 aliphatic heterocycles. The summed E-state index contributed by atoms with van der Waals surface area (Å²) in [5, 5.41) is 12.2. The fraction of sp³-hybridized carbons (Fsp3) is 0.400. The van der Waals surface area contributed by atoms with E-state index in [0.29, 0.717) is 24.1 Å². The van der Waals surface area contributed by atoms with Gasteiger partial charge >= 0.3 is 6.09 Å². The molecule has 30 heavy (non-hydrogen) atoms. The molecule has 5 nitrogen and oxygen atoms in total. The van der Waals surface area contributed by atoms with E-state index in [4.69, 9.17) is 15.9 Å². The summed E-state index contributed by atoms with van der Waals surface area (Å²) in [6.45, 7) is 5.91. The van der Waals surface area contributed by atoms with Crippen LogP contribution in [0.1, 0.15) is 38.3 Å². The Morgan fingerprint density at radius 1 is 1.10 bits per heavy atom. The summed E-state index contributed by atoms with van der Waals surface area (Å²) < 4.78 is 11.4. The Morgan fingerprint density at radius 2 is 1.63 bits per heavy atom. The third kappa shape index (κ3) is 4.67. The Kier molecular flexibility index (Phi) is 6.50. The predicted octanol–water partition coefficient (Wildman–Crippen LogP) is 3.95. The van der Waals surface area contributed by atoms with E-state index in [9.17, 15) is 9.90 Å². The lowest BCUT2D eigenvalue weighted by Gasteiger charge is -2.40. The van der Waals surface area contributed by atoms with Crippen LogP contribution in [-0.2, 0) is 15.1 Å². The highest BCUT2D eigenvalue weighted by Gasteiger charge is 2.51. The highest BCUT2D eigenvalue weighted by atomic mass is 16.6. The standard InChI is InChI=1S/C25H29NO4/c1-5-16-29-21-17-22(26(18-21)23(27)30-24(2,3)4)25(28,19-12-8-6-9-13-19)20-14-10-7-11-15-20/h1,6-15,21-22,28H,16-18H2,2-4H3/t21-,22+/m1/s1. The molecule has 0 unspecified atom stereocenters. The molecule has 1 N–H and O–H groups in total. The summed E-state index contributed by atoms with van der Waals surface area (Å²) in [7, 11) is 0. The van der Waals surface area contributed by atoms with Gasteiger partial charge in [-0.05, 0) is 38.3 Å². The molecule has 0 bridgehead atoms. The minimum Gasteiger partial charge on any atom is -0.444 e. The molecule has 158 valence electrons. The van der Waals surface area contributed by atoms with Gasteiger partial charge < -0.3 is 14.6 Å². The van der Waals surface area contributed by atoms with Crippen molar-refractivity contribution in [3.05, 3.63) is 71.8 Å². The Labute approximate surface area is 178 Å². The molecule has 2 atom stereocenters. The molecule has 2 aromatic rings. The molecule has 3 rings (SSSR count). The van der Waals surface area contributed by atoms with E-state index in [-0.39, 0.29) is 12.7 Å². The van der Waals surface area contributed by atoms with Crippen molar-refractivity contribution in [2.75, 3.05) is 13.2 Å². The zero-order chi connectivity index (χ0) is 21.8. The maximum atomic E-state index is 13.1. The Morgan fingerprint density at radius 3 is 2.10 bits per heavy atom. The van der Waals surface area contributed by atoms with E-state index in [1.54, 1.807) is 4.90 Å². The van der Waals surface area contributed by atoms with Gasteiger partial charge in [-0.1, -0.05) is 66.6 Å².